The molecule has 1 rings (SSSR count). The minimum absolute atomic E-state index is 0.768. The van der Waals surface area contributed by atoms with Gasteiger partial charge in [-0.1, -0.05) is 27.2 Å². The summed E-state index contributed by atoms with van der Waals surface area (Å²) in [6, 6.07) is 0. The average molecular weight is 210 g/mol. The van der Waals surface area contributed by atoms with Crippen LogP contribution in [0.2, 0.25) is 0 Å². The highest BCUT2D eigenvalue weighted by molar-refractivity contribution is 5.49. The molecule has 1 aliphatic carbocycles. The van der Waals surface area contributed by atoms with Crippen LogP contribution < -0.4 is 0 Å². The lowest BCUT2D eigenvalue weighted by Crippen LogP contribution is -2.23. The number of aldehydes is 1. The largest absolute Gasteiger partial charge is 0.303 e. The third-order valence-corrected chi connectivity index (χ3v) is 3.92. The number of hydrogen-bond acceptors (Lipinski definition) is 1. The summed E-state index contributed by atoms with van der Waals surface area (Å²) in [6.07, 6.45) is 8.50. The molecule has 1 saturated carbocycles. The molecule has 0 aliphatic heterocycles. The Bertz CT molecular complexity index is 186. The zero-order valence-electron chi connectivity index (χ0n) is 10.5. The van der Waals surface area contributed by atoms with Crippen molar-refractivity contribution in [1.29, 1.82) is 0 Å². The van der Waals surface area contributed by atoms with Gasteiger partial charge in [-0.2, -0.15) is 0 Å². The third-order valence-electron chi connectivity index (χ3n) is 3.92. The van der Waals surface area contributed by atoms with Crippen molar-refractivity contribution in [1.82, 2.24) is 0 Å². The summed E-state index contributed by atoms with van der Waals surface area (Å²) in [6.45, 7) is 7.02. The van der Waals surface area contributed by atoms with Gasteiger partial charge in [-0.15, -0.1) is 0 Å². The lowest BCUT2D eigenvalue weighted by Gasteiger charge is -2.34. The molecule has 0 saturated heterocycles. The van der Waals surface area contributed by atoms with Crippen molar-refractivity contribution in [3.05, 3.63) is 0 Å². The molecule has 0 spiro atoms. The lowest BCUT2D eigenvalue weighted by molar-refractivity contribution is -0.108. The van der Waals surface area contributed by atoms with E-state index in [1.165, 1.54) is 25.7 Å². The van der Waals surface area contributed by atoms with Crippen LogP contribution in [0.3, 0.4) is 0 Å². The molecule has 88 valence electrons. The van der Waals surface area contributed by atoms with Crippen LogP contribution >= 0.6 is 0 Å². The molecule has 0 bridgehead atoms. The SMILES string of the molecule is CC(C)C[C@@H]1CC[C@@H](CCC=O)[C@@H](C)C1. The first kappa shape index (κ1) is 12.7. The van der Waals surface area contributed by atoms with Gasteiger partial charge >= 0.3 is 0 Å². The molecular weight excluding hydrogens is 184 g/mol. The fraction of sp³-hybridized carbons (Fsp3) is 0.929. The van der Waals surface area contributed by atoms with Crippen molar-refractivity contribution in [2.75, 3.05) is 0 Å². The van der Waals surface area contributed by atoms with Gasteiger partial charge in [0.1, 0.15) is 6.29 Å². The first-order chi connectivity index (χ1) is 7.13. The zero-order valence-corrected chi connectivity index (χ0v) is 10.5. The molecule has 3 atom stereocenters. The molecule has 15 heavy (non-hydrogen) atoms. The van der Waals surface area contributed by atoms with Crippen LogP contribution in [-0.4, -0.2) is 6.29 Å². The highest BCUT2D eigenvalue weighted by atomic mass is 16.1. The Labute approximate surface area is 94.6 Å². The van der Waals surface area contributed by atoms with Crippen molar-refractivity contribution in [3.63, 3.8) is 0 Å². The predicted molar refractivity (Wildman–Crippen MR) is 64.7 cm³/mol. The van der Waals surface area contributed by atoms with E-state index in [-0.39, 0.29) is 0 Å². The second-order valence-corrected chi connectivity index (χ2v) is 5.79. The topological polar surface area (TPSA) is 17.1 Å². The Balaban J connectivity index is 2.30. The van der Waals surface area contributed by atoms with E-state index in [1.807, 2.05) is 0 Å². The van der Waals surface area contributed by atoms with Crippen LogP contribution in [0.25, 0.3) is 0 Å². The van der Waals surface area contributed by atoms with E-state index in [0.29, 0.717) is 0 Å². The Morgan fingerprint density at radius 3 is 2.60 bits per heavy atom. The summed E-state index contributed by atoms with van der Waals surface area (Å²) in [5.41, 5.74) is 0. The summed E-state index contributed by atoms with van der Waals surface area (Å²) in [4.78, 5) is 10.4. The summed E-state index contributed by atoms with van der Waals surface area (Å²) in [5.74, 6) is 3.45. The molecule has 0 radical (unpaired) electrons. The fourth-order valence-corrected chi connectivity index (χ4v) is 3.16. The van der Waals surface area contributed by atoms with Gasteiger partial charge in [-0.25, -0.2) is 0 Å². The van der Waals surface area contributed by atoms with E-state index < -0.39 is 0 Å². The van der Waals surface area contributed by atoms with Gasteiger partial charge in [-0.05, 0) is 49.4 Å². The maximum Gasteiger partial charge on any atom is 0.120 e. The van der Waals surface area contributed by atoms with Gasteiger partial charge in [0.05, 0.1) is 0 Å². The maximum absolute atomic E-state index is 10.4. The highest BCUT2D eigenvalue weighted by Gasteiger charge is 2.27. The van der Waals surface area contributed by atoms with Crippen LogP contribution in [0.5, 0.6) is 0 Å². The van der Waals surface area contributed by atoms with Crippen LogP contribution in [-0.2, 0) is 4.79 Å². The van der Waals surface area contributed by atoms with Crippen LogP contribution in [0.4, 0.5) is 0 Å². The molecule has 0 heterocycles. The summed E-state index contributed by atoms with van der Waals surface area (Å²) >= 11 is 0. The summed E-state index contributed by atoms with van der Waals surface area (Å²) in [5, 5.41) is 0. The van der Waals surface area contributed by atoms with Gasteiger partial charge < -0.3 is 4.79 Å². The molecule has 1 aliphatic rings. The van der Waals surface area contributed by atoms with Crippen LogP contribution in [0.1, 0.15) is 59.3 Å². The average Bonchev–Trinajstić information content (AvgIpc) is 2.15. The van der Waals surface area contributed by atoms with E-state index in [0.717, 1.165) is 42.8 Å². The van der Waals surface area contributed by atoms with Gasteiger partial charge in [0.15, 0.2) is 0 Å². The minimum Gasteiger partial charge on any atom is -0.303 e. The normalized spacial score (nSPS) is 31.9. The molecule has 1 nitrogen and oxygen atoms in total. The van der Waals surface area contributed by atoms with Gasteiger partial charge in [-0.3, -0.25) is 0 Å². The van der Waals surface area contributed by atoms with Crippen molar-refractivity contribution in [2.45, 2.75) is 59.3 Å². The highest BCUT2D eigenvalue weighted by Crippen LogP contribution is 2.38. The number of carbonyl (C=O) groups is 1. The molecule has 1 heteroatoms. The van der Waals surface area contributed by atoms with E-state index in [2.05, 4.69) is 20.8 Å². The Hall–Kier alpha value is -0.330. The Morgan fingerprint density at radius 2 is 2.07 bits per heavy atom. The van der Waals surface area contributed by atoms with Gasteiger partial charge in [0.2, 0.25) is 0 Å². The first-order valence-electron chi connectivity index (χ1n) is 6.57. The molecule has 1 fully saturated rings. The summed E-state index contributed by atoms with van der Waals surface area (Å²) < 4.78 is 0. The fourth-order valence-electron chi connectivity index (χ4n) is 3.16. The number of hydrogen-bond donors (Lipinski definition) is 0. The first-order valence-corrected chi connectivity index (χ1v) is 6.57. The zero-order chi connectivity index (χ0) is 11.3. The second-order valence-electron chi connectivity index (χ2n) is 5.79. The van der Waals surface area contributed by atoms with E-state index in [4.69, 9.17) is 0 Å². The van der Waals surface area contributed by atoms with Crippen molar-refractivity contribution in [3.8, 4) is 0 Å². The molecule has 0 amide bonds. The Morgan fingerprint density at radius 1 is 1.33 bits per heavy atom. The Kier molecular flexibility index (Phi) is 5.35. The van der Waals surface area contributed by atoms with E-state index in [9.17, 15) is 4.79 Å². The summed E-state index contributed by atoms with van der Waals surface area (Å²) in [7, 11) is 0. The standard InChI is InChI=1S/C14H26O/c1-11(2)9-13-6-7-14(5-4-8-15)12(3)10-13/h8,11-14H,4-7,9-10H2,1-3H3/t12-,13-,14+/m0/s1. The maximum atomic E-state index is 10.4. The van der Waals surface area contributed by atoms with Crippen molar-refractivity contribution < 1.29 is 4.79 Å². The van der Waals surface area contributed by atoms with Crippen LogP contribution in [0.15, 0.2) is 0 Å². The molecule has 0 aromatic heterocycles. The monoisotopic (exact) mass is 210 g/mol. The molecular formula is C14H26O. The quantitative estimate of drug-likeness (QED) is 0.625. The molecule has 0 unspecified atom stereocenters. The molecule has 0 aromatic carbocycles. The van der Waals surface area contributed by atoms with Crippen molar-refractivity contribution >= 4 is 6.29 Å². The minimum atomic E-state index is 0.768. The smallest absolute Gasteiger partial charge is 0.120 e. The molecule has 0 N–H and O–H groups in total. The van der Waals surface area contributed by atoms with E-state index in [1.54, 1.807) is 0 Å². The van der Waals surface area contributed by atoms with Gasteiger partial charge in [0, 0.05) is 6.42 Å². The van der Waals surface area contributed by atoms with Gasteiger partial charge in [0.25, 0.3) is 0 Å². The molecule has 0 aromatic rings. The second kappa shape index (κ2) is 6.30. The predicted octanol–water partition coefficient (Wildman–Crippen LogP) is 4.06. The van der Waals surface area contributed by atoms with E-state index >= 15 is 0 Å². The van der Waals surface area contributed by atoms with Crippen molar-refractivity contribution in [2.24, 2.45) is 23.7 Å². The van der Waals surface area contributed by atoms with Crippen LogP contribution in [0, 0.1) is 23.7 Å². The number of carbonyl (C=O) groups excluding carboxylic acids is 1. The number of rotatable bonds is 5. The third kappa shape index (κ3) is 4.36. The lowest BCUT2D eigenvalue weighted by atomic mass is 9.71.